The Kier molecular flexibility index (Phi) is 13.8. The van der Waals surface area contributed by atoms with Crippen LogP contribution in [0, 0.1) is 23.7 Å². The van der Waals surface area contributed by atoms with Crippen molar-refractivity contribution in [1.82, 2.24) is 0 Å². The number of hydrogen-bond donors (Lipinski definition) is 8. The van der Waals surface area contributed by atoms with Crippen molar-refractivity contribution < 1.29 is 107 Å². The third kappa shape index (κ3) is 8.43. The van der Waals surface area contributed by atoms with Gasteiger partial charge in [0.15, 0.2) is 12.4 Å². The maximum Gasteiger partial charge on any atom is 0.367 e. The van der Waals surface area contributed by atoms with E-state index in [1.54, 1.807) is 6.08 Å². The van der Waals surface area contributed by atoms with Crippen LogP contribution in [0.3, 0.4) is 0 Å². The van der Waals surface area contributed by atoms with Gasteiger partial charge < -0.3 is 88.2 Å². The van der Waals surface area contributed by atoms with Crippen molar-refractivity contribution in [3.63, 3.8) is 0 Å². The maximum atomic E-state index is 14.2. The molecule has 0 radical (unpaired) electrons. The van der Waals surface area contributed by atoms with Gasteiger partial charge >= 0.3 is 22.5 Å². The Balaban J connectivity index is 1.14. The summed E-state index contributed by atoms with van der Waals surface area (Å²) in [6.45, 7) is -2.25. The van der Waals surface area contributed by atoms with Crippen molar-refractivity contribution in [2.45, 2.75) is 86.2 Å². The largest absolute Gasteiger partial charge is 0.471 e. The normalized spacial score (nSPS) is 41.6. The summed E-state index contributed by atoms with van der Waals surface area (Å²) in [4.78, 5) is 50.8. The summed E-state index contributed by atoms with van der Waals surface area (Å²) in [5.41, 5.74) is 0.458. The van der Waals surface area contributed by atoms with Crippen molar-refractivity contribution >= 4 is 46.1 Å². The Bertz CT molecular complexity index is 1780. The van der Waals surface area contributed by atoms with Gasteiger partial charge in [0, 0.05) is 11.8 Å². The lowest BCUT2D eigenvalue weighted by Gasteiger charge is -2.44. The lowest BCUT2D eigenvalue weighted by molar-refractivity contribution is -0.342. The first kappa shape index (κ1) is 44.7. The smallest absolute Gasteiger partial charge is 0.367 e. The van der Waals surface area contributed by atoms with E-state index in [2.05, 4.69) is 0 Å². The molecule has 2 aliphatic carbocycles. The number of aliphatic hydroxyl groups excluding tert-OH is 8. The van der Waals surface area contributed by atoms with Gasteiger partial charge in [-0.2, -0.15) is 0 Å². The average Bonchev–Trinajstić information content (AvgIpc) is 3.89. The molecule has 7 aliphatic rings. The molecule has 0 spiro atoms. The maximum absolute atomic E-state index is 14.2. The lowest BCUT2D eigenvalue weighted by atomic mass is 9.82. The number of esters is 2. The summed E-state index contributed by atoms with van der Waals surface area (Å²) in [6.07, 6.45) is -14.7. The molecule has 24 heteroatoms. The molecule has 0 saturated carbocycles. The second-order valence-corrected chi connectivity index (χ2v) is 16.1. The van der Waals surface area contributed by atoms with Crippen molar-refractivity contribution in [2.24, 2.45) is 23.7 Å². The highest BCUT2D eigenvalue weighted by molar-refractivity contribution is 8.12. The van der Waals surface area contributed by atoms with Crippen LogP contribution in [0.4, 0.5) is 9.59 Å². The van der Waals surface area contributed by atoms with Gasteiger partial charge in [-0.15, -0.1) is 0 Å². The molecule has 0 amide bonds. The number of fused-ring (bicyclic) bond motifs is 1. The molecule has 5 aliphatic heterocycles. The molecule has 0 aromatic heterocycles. The standard InChI is InChI=1S/C36H44O22S2/c1-59-35(47)51-7-11-3-15(39)21-13(9-49-31(19(11)21)57-33-27(44)25(42)23(40)17(5-37)54-33)30(46)56-28-26(43)24(41)18(6-38)55-34(28)58-32-20-12(8-52-36(48)60-2)4-16-22(20)14(10-50-32)29(45)53-16/h3-4,9-10,15-28,31-34,37-44H,5-8H2,1-2H3/t15-,16-,17+,18+,19+,20+,21-,22-,23+,24+,25-,26-,27+,28+,31-,32-,33-,34-/m0/s1. The van der Waals surface area contributed by atoms with Gasteiger partial charge in [-0.1, -0.05) is 6.08 Å². The summed E-state index contributed by atoms with van der Waals surface area (Å²) >= 11 is 1.59. The summed E-state index contributed by atoms with van der Waals surface area (Å²) < 4.78 is 56.7. The number of hydrogen-bond acceptors (Lipinski definition) is 24. The fraction of sp³-hybridized carbons (Fsp3) is 0.667. The molecule has 18 atom stereocenters. The Labute approximate surface area is 348 Å². The molecule has 60 heavy (non-hydrogen) atoms. The summed E-state index contributed by atoms with van der Waals surface area (Å²) in [6, 6.07) is 0. The zero-order chi connectivity index (χ0) is 43.2. The number of carbonyl (C=O) groups excluding carboxylic acids is 4. The average molecular weight is 893 g/mol. The van der Waals surface area contributed by atoms with Crippen LogP contribution in [0.1, 0.15) is 0 Å². The molecular weight excluding hydrogens is 849 g/mol. The van der Waals surface area contributed by atoms with Crippen molar-refractivity contribution in [3.8, 4) is 0 Å². The minimum absolute atomic E-state index is 0.183. The lowest BCUT2D eigenvalue weighted by Crippen LogP contribution is -2.61. The van der Waals surface area contributed by atoms with E-state index >= 15 is 0 Å². The fourth-order valence-electron chi connectivity index (χ4n) is 8.30. The molecular formula is C36H44O22S2. The zero-order valence-corrected chi connectivity index (χ0v) is 33.3. The third-order valence-corrected chi connectivity index (χ3v) is 12.2. The van der Waals surface area contributed by atoms with Crippen molar-refractivity contribution in [1.29, 1.82) is 0 Å². The summed E-state index contributed by atoms with van der Waals surface area (Å²) in [7, 11) is 0. The molecule has 0 aromatic carbocycles. The Hall–Kier alpha value is -3.34. The number of aliphatic hydroxyl groups is 8. The highest BCUT2D eigenvalue weighted by atomic mass is 32.2. The monoisotopic (exact) mass is 892 g/mol. The summed E-state index contributed by atoms with van der Waals surface area (Å²) in [5.74, 6) is -5.84. The molecule has 5 heterocycles. The molecule has 22 nitrogen and oxygen atoms in total. The highest BCUT2D eigenvalue weighted by Gasteiger charge is 2.58. The van der Waals surface area contributed by atoms with E-state index in [1.165, 1.54) is 18.6 Å². The van der Waals surface area contributed by atoms with Gasteiger partial charge in [0.1, 0.15) is 62.0 Å². The predicted octanol–water partition coefficient (Wildman–Crippen LogP) is -2.72. The van der Waals surface area contributed by atoms with E-state index in [0.717, 1.165) is 36.0 Å². The first-order valence-corrected chi connectivity index (χ1v) is 21.0. The first-order valence-electron chi connectivity index (χ1n) is 18.6. The van der Waals surface area contributed by atoms with E-state index < -0.39 is 152 Å². The van der Waals surface area contributed by atoms with Crippen LogP contribution in [0.25, 0.3) is 0 Å². The zero-order valence-electron chi connectivity index (χ0n) is 31.6. The second kappa shape index (κ2) is 18.6. The molecule has 3 fully saturated rings. The molecule has 0 bridgehead atoms. The van der Waals surface area contributed by atoms with E-state index in [0.29, 0.717) is 5.57 Å². The Morgan fingerprint density at radius 3 is 1.83 bits per heavy atom. The number of rotatable bonds is 12. The van der Waals surface area contributed by atoms with Crippen LogP contribution < -0.4 is 0 Å². The van der Waals surface area contributed by atoms with Crippen molar-refractivity contribution in [3.05, 3.63) is 47.0 Å². The van der Waals surface area contributed by atoms with Gasteiger partial charge in [-0.05, 0) is 53.3 Å². The highest BCUT2D eigenvalue weighted by Crippen LogP contribution is 2.50. The summed E-state index contributed by atoms with van der Waals surface area (Å²) in [5, 5.41) is 83.2. The van der Waals surface area contributed by atoms with Crippen LogP contribution in [0.15, 0.2) is 47.0 Å². The van der Waals surface area contributed by atoms with Gasteiger partial charge in [0.25, 0.3) is 0 Å². The minimum Gasteiger partial charge on any atom is -0.471 e. The quantitative estimate of drug-likeness (QED) is 0.0561. The number of carbonyl (C=O) groups is 4. The van der Waals surface area contributed by atoms with Gasteiger partial charge in [0.2, 0.25) is 18.9 Å². The Morgan fingerprint density at radius 2 is 1.22 bits per heavy atom. The fourth-order valence-corrected chi connectivity index (χ4v) is 8.65. The van der Waals surface area contributed by atoms with Crippen LogP contribution in [-0.4, -0.2) is 189 Å². The predicted molar refractivity (Wildman–Crippen MR) is 195 cm³/mol. The molecule has 332 valence electrons. The van der Waals surface area contributed by atoms with Crippen LogP contribution in [0.5, 0.6) is 0 Å². The second-order valence-electron chi connectivity index (χ2n) is 14.6. The molecule has 8 N–H and O–H groups in total. The minimum atomic E-state index is -1.97. The number of thioether (sulfide) groups is 2. The van der Waals surface area contributed by atoms with E-state index in [-0.39, 0.29) is 23.3 Å². The van der Waals surface area contributed by atoms with Gasteiger partial charge in [-0.3, -0.25) is 0 Å². The molecule has 7 rings (SSSR count). The van der Waals surface area contributed by atoms with E-state index in [4.69, 9.17) is 47.4 Å². The molecule has 0 aromatic rings. The SMILES string of the molecule is CSC(=O)OCC1=C[C@@H]2OC(=O)C3=CO[C@@H](O[C@@H]4O[C@H](CO)[C@@H](O)[C@H](O)[C@H]4OC(=O)C4=CO[C@@H](O[C@@H]5O[C@H](CO)[C@@H](O)[C@H](O)[C@H]5O)[C@@H]5C(COC(=O)SC)=C[C@H](O)[C@H]45)[C@H]1[C@@H]32. The van der Waals surface area contributed by atoms with E-state index in [1.807, 2.05) is 0 Å². The van der Waals surface area contributed by atoms with Crippen LogP contribution >= 0.6 is 23.5 Å². The molecule has 0 unspecified atom stereocenters. The molecule has 3 saturated heterocycles. The van der Waals surface area contributed by atoms with Crippen LogP contribution in [0.2, 0.25) is 0 Å². The Morgan fingerprint density at radius 1 is 0.667 bits per heavy atom. The van der Waals surface area contributed by atoms with Gasteiger partial charge in [0.05, 0.1) is 54.8 Å². The topological polar surface area (TPSA) is 322 Å². The number of ether oxygens (including phenoxy) is 10. The van der Waals surface area contributed by atoms with Crippen LogP contribution in [-0.2, 0) is 57.0 Å². The van der Waals surface area contributed by atoms with Gasteiger partial charge in [-0.25, -0.2) is 19.2 Å². The van der Waals surface area contributed by atoms with Crippen molar-refractivity contribution in [2.75, 3.05) is 38.9 Å². The first-order chi connectivity index (χ1) is 28.7. The van der Waals surface area contributed by atoms with E-state index in [9.17, 15) is 60.0 Å². The third-order valence-electron chi connectivity index (χ3n) is 11.3.